The Morgan fingerprint density at radius 1 is 1.40 bits per heavy atom. The number of hydrogen-bond acceptors (Lipinski definition) is 3. The van der Waals surface area contributed by atoms with Gasteiger partial charge in [0.2, 0.25) is 0 Å². The maximum atomic E-state index is 13.8. The van der Waals surface area contributed by atoms with Crippen molar-refractivity contribution in [1.82, 2.24) is 5.32 Å². The summed E-state index contributed by atoms with van der Waals surface area (Å²) in [5.41, 5.74) is -1.72. The van der Waals surface area contributed by atoms with Crippen LogP contribution in [0.4, 0.5) is 8.78 Å². The van der Waals surface area contributed by atoms with Gasteiger partial charge in [-0.2, -0.15) is 0 Å². The van der Waals surface area contributed by atoms with Gasteiger partial charge in [-0.3, -0.25) is 5.32 Å². The van der Waals surface area contributed by atoms with E-state index in [-0.39, 0.29) is 12.1 Å². The topological polar surface area (TPSA) is 49.3 Å². The number of halogens is 2. The molecule has 1 heterocycles. The van der Waals surface area contributed by atoms with Crippen molar-refractivity contribution in [2.24, 2.45) is 0 Å². The summed E-state index contributed by atoms with van der Waals surface area (Å²) in [6.45, 7) is 1.65. The van der Waals surface area contributed by atoms with Crippen LogP contribution in [0.25, 0.3) is 0 Å². The highest BCUT2D eigenvalue weighted by molar-refractivity contribution is 7.09. The van der Waals surface area contributed by atoms with Gasteiger partial charge in [0.05, 0.1) is 0 Å². The first-order chi connectivity index (χ1) is 9.43. The summed E-state index contributed by atoms with van der Waals surface area (Å²) in [7, 11) is 0. The number of carboxylic acid groups (broad SMARTS) is 1. The third kappa shape index (κ3) is 2.86. The summed E-state index contributed by atoms with van der Waals surface area (Å²) >= 11 is 1.47. The Labute approximate surface area is 118 Å². The molecule has 0 bridgehead atoms. The van der Waals surface area contributed by atoms with Gasteiger partial charge in [-0.15, -0.1) is 11.3 Å². The van der Waals surface area contributed by atoms with Gasteiger partial charge >= 0.3 is 5.97 Å². The molecule has 0 radical (unpaired) electrons. The second-order valence-corrected chi connectivity index (χ2v) is 5.52. The van der Waals surface area contributed by atoms with Crippen molar-refractivity contribution in [2.45, 2.75) is 19.0 Å². The second-order valence-electron chi connectivity index (χ2n) is 4.49. The predicted octanol–water partition coefficient (Wildman–Crippen LogP) is 3.12. The number of nitrogens with one attached hydrogen (secondary N) is 1. The van der Waals surface area contributed by atoms with Crippen molar-refractivity contribution in [3.05, 3.63) is 57.8 Å². The molecule has 1 aromatic carbocycles. The predicted molar refractivity (Wildman–Crippen MR) is 72.5 cm³/mol. The van der Waals surface area contributed by atoms with Gasteiger partial charge in [0.25, 0.3) is 0 Å². The van der Waals surface area contributed by atoms with Crippen molar-refractivity contribution in [1.29, 1.82) is 0 Å². The van der Waals surface area contributed by atoms with E-state index in [0.717, 1.165) is 17.0 Å². The smallest absolute Gasteiger partial charge is 0.328 e. The molecular weight excluding hydrogens is 284 g/mol. The quantitative estimate of drug-likeness (QED) is 0.891. The highest BCUT2D eigenvalue weighted by Crippen LogP contribution is 2.25. The fourth-order valence-corrected chi connectivity index (χ4v) is 2.50. The Hall–Kier alpha value is -1.79. The van der Waals surface area contributed by atoms with Crippen molar-refractivity contribution in [3.8, 4) is 0 Å². The van der Waals surface area contributed by atoms with Crippen molar-refractivity contribution >= 4 is 17.3 Å². The molecular formula is C14H13F2NO2S. The molecule has 2 aromatic rings. The molecule has 106 valence electrons. The third-order valence-corrected chi connectivity index (χ3v) is 3.97. The minimum absolute atomic E-state index is 0.0945. The first-order valence-electron chi connectivity index (χ1n) is 5.90. The van der Waals surface area contributed by atoms with Crippen LogP contribution in [0, 0.1) is 11.6 Å². The molecule has 3 nitrogen and oxygen atoms in total. The number of thiophene rings is 1. The van der Waals surface area contributed by atoms with Gasteiger partial charge in [0, 0.05) is 23.1 Å². The highest BCUT2D eigenvalue weighted by Gasteiger charge is 2.37. The molecule has 1 unspecified atom stereocenters. The fraction of sp³-hybridized carbons (Fsp3) is 0.214. The Bertz CT molecular complexity index is 616. The Kier molecular flexibility index (Phi) is 4.15. The van der Waals surface area contributed by atoms with Crippen LogP contribution in [0.5, 0.6) is 0 Å². The largest absolute Gasteiger partial charge is 0.480 e. The summed E-state index contributed by atoms with van der Waals surface area (Å²) in [5.74, 6) is -2.84. The Balaban J connectivity index is 2.31. The van der Waals surface area contributed by atoms with Crippen LogP contribution in [0.3, 0.4) is 0 Å². The zero-order valence-corrected chi connectivity index (χ0v) is 11.5. The van der Waals surface area contributed by atoms with Crippen LogP contribution in [0.15, 0.2) is 35.7 Å². The van der Waals surface area contributed by atoms with Gasteiger partial charge in [-0.05, 0) is 24.4 Å². The minimum Gasteiger partial charge on any atom is -0.480 e. The average Bonchev–Trinajstić information content (AvgIpc) is 2.88. The van der Waals surface area contributed by atoms with E-state index in [1.165, 1.54) is 18.3 Å². The van der Waals surface area contributed by atoms with Crippen LogP contribution in [-0.2, 0) is 16.9 Å². The van der Waals surface area contributed by atoms with Crippen LogP contribution >= 0.6 is 11.3 Å². The van der Waals surface area contributed by atoms with E-state index >= 15 is 0 Å². The van der Waals surface area contributed by atoms with E-state index in [9.17, 15) is 18.7 Å². The van der Waals surface area contributed by atoms with E-state index in [4.69, 9.17) is 0 Å². The summed E-state index contributed by atoms with van der Waals surface area (Å²) in [4.78, 5) is 12.4. The molecule has 1 atom stereocenters. The zero-order chi connectivity index (χ0) is 14.8. The maximum absolute atomic E-state index is 13.8. The zero-order valence-electron chi connectivity index (χ0n) is 10.7. The number of benzene rings is 1. The van der Waals surface area contributed by atoms with Gasteiger partial charge in [-0.1, -0.05) is 12.1 Å². The first kappa shape index (κ1) is 14.6. The molecule has 0 saturated heterocycles. The number of carbonyl (C=O) groups is 1. The highest BCUT2D eigenvalue weighted by atomic mass is 32.1. The molecule has 0 aliphatic carbocycles. The maximum Gasteiger partial charge on any atom is 0.328 e. The van der Waals surface area contributed by atoms with Crippen LogP contribution in [0.2, 0.25) is 0 Å². The lowest BCUT2D eigenvalue weighted by Crippen LogP contribution is -2.46. The molecule has 6 heteroatoms. The monoisotopic (exact) mass is 297 g/mol. The minimum atomic E-state index is -1.62. The lowest BCUT2D eigenvalue weighted by molar-refractivity contribution is -0.144. The summed E-state index contributed by atoms with van der Waals surface area (Å²) in [6.07, 6.45) is 0. The van der Waals surface area contributed by atoms with E-state index < -0.39 is 23.1 Å². The molecule has 20 heavy (non-hydrogen) atoms. The van der Waals surface area contributed by atoms with Crippen molar-refractivity contribution in [2.75, 3.05) is 0 Å². The molecule has 0 spiro atoms. The van der Waals surface area contributed by atoms with Crippen LogP contribution in [-0.4, -0.2) is 11.1 Å². The molecule has 0 aliphatic rings. The van der Waals surface area contributed by atoms with Gasteiger partial charge in [-0.25, -0.2) is 13.6 Å². The first-order valence-corrected chi connectivity index (χ1v) is 6.78. The molecule has 0 aliphatic heterocycles. The SMILES string of the molecule is CC(NCc1cccs1)(C(=O)O)c1ccc(F)cc1F. The fourth-order valence-electron chi connectivity index (χ4n) is 1.86. The normalized spacial score (nSPS) is 13.9. The van der Waals surface area contributed by atoms with E-state index in [0.29, 0.717) is 6.07 Å². The van der Waals surface area contributed by atoms with Crippen LogP contribution in [0.1, 0.15) is 17.4 Å². The second kappa shape index (κ2) is 5.68. The lowest BCUT2D eigenvalue weighted by Gasteiger charge is -2.27. The van der Waals surface area contributed by atoms with Crippen molar-refractivity contribution in [3.63, 3.8) is 0 Å². The lowest BCUT2D eigenvalue weighted by atomic mass is 9.91. The van der Waals surface area contributed by atoms with Crippen LogP contribution < -0.4 is 5.32 Å². The molecule has 2 rings (SSSR count). The Morgan fingerprint density at radius 3 is 2.70 bits per heavy atom. The Morgan fingerprint density at radius 2 is 2.15 bits per heavy atom. The van der Waals surface area contributed by atoms with Crippen molar-refractivity contribution < 1.29 is 18.7 Å². The van der Waals surface area contributed by atoms with E-state index in [2.05, 4.69) is 5.32 Å². The standard InChI is InChI=1S/C14H13F2NO2S/c1-14(13(18)19,17-8-10-3-2-6-20-10)11-5-4-9(15)7-12(11)16/h2-7,17H,8H2,1H3,(H,18,19). The molecule has 0 fully saturated rings. The van der Waals surface area contributed by atoms with E-state index in [1.807, 2.05) is 17.5 Å². The molecule has 1 aromatic heterocycles. The number of hydrogen-bond donors (Lipinski definition) is 2. The van der Waals surface area contributed by atoms with Gasteiger partial charge < -0.3 is 5.11 Å². The molecule has 2 N–H and O–H groups in total. The summed E-state index contributed by atoms with van der Waals surface area (Å²) in [6, 6.07) is 6.58. The third-order valence-electron chi connectivity index (χ3n) is 3.09. The molecule has 0 saturated carbocycles. The number of aliphatic carboxylic acids is 1. The average molecular weight is 297 g/mol. The molecule has 0 amide bonds. The summed E-state index contributed by atoms with van der Waals surface area (Å²) in [5, 5.41) is 14.1. The number of rotatable bonds is 5. The van der Waals surface area contributed by atoms with Gasteiger partial charge in [0.15, 0.2) is 0 Å². The number of carboxylic acids is 1. The van der Waals surface area contributed by atoms with Gasteiger partial charge in [0.1, 0.15) is 17.2 Å². The summed E-state index contributed by atoms with van der Waals surface area (Å²) < 4.78 is 26.8. The van der Waals surface area contributed by atoms with E-state index in [1.54, 1.807) is 0 Å².